The van der Waals surface area contributed by atoms with E-state index in [9.17, 15) is 18.3 Å². The summed E-state index contributed by atoms with van der Waals surface area (Å²) in [5.41, 5.74) is -1.45. The average molecular weight is 455 g/mol. The van der Waals surface area contributed by atoms with Gasteiger partial charge in [0.25, 0.3) is 0 Å². The van der Waals surface area contributed by atoms with E-state index in [1.807, 2.05) is 27.7 Å². The van der Waals surface area contributed by atoms with Crippen molar-refractivity contribution in [3.63, 3.8) is 0 Å². The Morgan fingerprint density at radius 2 is 1.78 bits per heavy atom. The predicted octanol–water partition coefficient (Wildman–Crippen LogP) is 4.17. The number of aliphatic hydroxyl groups excluding tert-OH is 1. The van der Waals surface area contributed by atoms with Crippen LogP contribution in [0.5, 0.6) is 11.6 Å². The van der Waals surface area contributed by atoms with Gasteiger partial charge in [-0.1, -0.05) is 12.1 Å². The summed E-state index contributed by atoms with van der Waals surface area (Å²) in [6.07, 6.45) is -5.56. The minimum absolute atomic E-state index is 0.0553. The summed E-state index contributed by atoms with van der Waals surface area (Å²) in [5, 5.41) is 29.0. The third-order valence-corrected chi connectivity index (χ3v) is 4.04. The lowest BCUT2D eigenvalue weighted by atomic mass is 10.1. The van der Waals surface area contributed by atoms with E-state index in [2.05, 4.69) is 25.7 Å². The first-order chi connectivity index (χ1) is 15.0. The summed E-state index contributed by atoms with van der Waals surface area (Å²) in [6, 6.07) is 8.19. The number of para-hydroxylation sites is 1. The molecule has 0 saturated carbocycles. The van der Waals surface area contributed by atoms with E-state index in [1.165, 1.54) is 18.2 Å². The highest BCUT2D eigenvalue weighted by Crippen LogP contribution is 2.35. The fourth-order valence-corrected chi connectivity index (χ4v) is 2.39. The van der Waals surface area contributed by atoms with Crippen molar-refractivity contribution in [3.05, 3.63) is 42.0 Å². The van der Waals surface area contributed by atoms with E-state index in [0.29, 0.717) is 11.7 Å². The summed E-state index contributed by atoms with van der Waals surface area (Å²) >= 11 is 0. The molecule has 176 valence electrons. The number of alkyl halides is 3. The third kappa shape index (κ3) is 8.75. The van der Waals surface area contributed by atoms with Crippen molar-refractivity contribution in [2.75, 3.05) is 19.8 Å². The first-order valence-electron chi connectivity index (χ1n) is 10.1. The molecule has 0 aliphatic heterocycles. The highest BCUT2D eigenvalue weighted by atomic mass is 19.4. The van der Waals surface area contributed by atoms with Crippen molar-refractivity contribution >= 4 is 5.82 Å². The van der Waals surface area contributed by atoms with Crippen molar-refractivity contribution in [1.29, 1.82) is 0 Å². The fourth-order valence-electron chi connectivity index (χ4n) is 2.39. The first kappa shape index (κ1) is 25.5. The van der Waals surface area contributed by atoms with Gasteiger partial charge in [0.15, 0.2) is 5.82 Å². The quantitative estimate of drug-likeness (QED) is 0.493. The van der Waals surface area contributed by atoms with E-state index < -0.39 is 23.4 Å². The summed E-state index contributed by atoms with van der Waals surface area (Å²) < 4.78 is 49.8. The normalized spacial score (nSPS) is 13.5. The smallest absolute Gasteiger partial charge is 0.419 e. The largest absolute Gasteiger partial charge is 0.490 e. The summed E-state index contributed by atoms with van der Waals surface area (Å²) in [5.74, 6) is 0.353. The molecule has 0 spiro atoms. The van der Waals surface area contributed by atoms with Gasteiger partial charge in [-0.2, -0.15) is 18.3 Å². The minimum Gasteiger partial charge on any atom is -0.490 e. The number of aliphatic hydroxyl groups is 1. The summed E-state index contributed by atoms with van der Waals surface area (Å²) in [6.45, 7) is 7.48. The van der Waals surface area contributed by atoms with Crippen LogP contribution >= 0.6 is 0 Å². The van der Waals surface area contributed by atoms with Crippen LogP contribution < -0.4 is 14.8 Å². The Labute approximate surface area is 184 Å². The Kier molecular flexibility index (Phi) is 8.90. The van der Waals surface area contributed by atoms with Crippen LogP contribution in [0, 0.1) is 0 Å². The second kappa shape index (κ2) is 11.2. The maximum absolute atomic E-state index is 13.0. The Morgan fingerprint density at radius 3 is 2.41 bits per heavy atom. The third-order valence-electron chi connectivity index (χ3n) is 4.04. The Morgan fingerprint density at radius 1 is 1.06 bits per heavy atom. The number of hydrogen-bond acceptors (Lipinski definition) is 8. The highest BCUT2D eigenvalue weighted by Gasteiger charge is 2.34. The van der Waals surface area contributed by atoms with Gasteiger partial charge in [0.2, 0.25) is 5.88 Å². The number of rotatable bonds is 11. The maximum Gasteiger partial charge on any atom is 0.419 e. The van der Waals surface area contributed by atoms with E-state index in [0.717, 1.165) is 6.07 Å². The zero-order valence-corrected chi connectivity index (χ0v) is 18.4. The van der Waals surface area contributed by atoms with Crippen molar-refractivity contribution in [3.8, 4) is 11.6 Å². The number of β-amino-alcohol motifs (C(OH)–C–C–N with tert-alkyl or cyclic N) is 1. The van der Waals surface area contributed by atoms with Gasteiger partial charge < -0.3 is 19.9 Å². The topological polar surface area (TPSA) is 101 Å². The van der Waals surface area contributed by atoms with Crippen molar-refractivity contribution in [1.82, 2.24) is 15.5 Å². The van der Waals surface area contributed by atoms with Crippen LogP contribution in [0.2, 0.25) is 0 Å². The van der Waals surface area contributed by atoms with Gasteiger partial charge in [0.1, 0.15) is 25.1 Å². The van der Waals surface area contributed by atoms with E-state index in [1.54, 1.807) is 12.1 Å². The number of nitrogens with zero attached hydrogens (tertiary/aromatic N) is 4. The van der Waals surface area contributed by atoms with Crippen molar-refractivity contribution in [2.45, 2.75) is 51.6 Å². The molecule has 11 heteroatoms. The summed E-state index contributed by atoms with van der Waals surface area (Å²) in [4.78, 5) is 0. The monoisotopic (exact) mass is 455 g/mol. The number of benzene rings is 1. The predicted molar refractivity (Wildman–Crippen MR) is 112 cm³/mol. The molecule has 0 amide bonds. The van der Waals surface area contributed by atoms with Crippen LogP contribution in [0.3, 0.4) is 0 Å². The van der Waals surface area contributed by atoms with Gasteiger partial charge in [-0.25, -0.2) is 0 Å². The van der Waals surface area contributed by atoms with Crippen LogP contribution in [-0.4, -0.2) is 52.7 Å². The van der Waals surface area contributed by atoms with E-state index >= 15 is 0 Å². The molecule has 2 N–H and O–H groups in total. The molecule has 0 aliphatic rings. The number of halogens is 3. The molecular weight excluding hydrogens is 427 g/mol. The van der Waals surface area contributed by atoms with E-state index in [4.69, 9.17) is 9.47 Å². The molecule has 1 unspecified atom stereocenters. The minimum atomic E-state index is -4.53. The molecule has 32 heavy (non-hydrogen) atoms. The van der Waals surface area contributed by atoms with E-state index in [-0.39, 0.29) is 31.5 Å². The number of azo groups is 1. The molecule has 0 saturated heterocycles. The maximum atomic E-state index is 13.0. The van der Waals surface area contributed by atoms with Crippen LogP contribution in [0.25, 0.3) is 0 Å². The van der Waals surface area contributed by atoms with Crippen LogP contribution in [0.4, 0.5) is 19.0 Å². The lowest BCUT2D eigenvalue weighted by molar-refractivity contribution is -0.139. The Hall–Kier alpha value is -2.79. The van der Waals surface area contributed by atoms with Gasteiger partial charge in [0, 0.05) is 18.2 Å². The standard InChI is InChI=1S/C21H28F3N5O3/c1-14(2)26-27-18-9-10-19(29-28-18)32-13-20(3,4)25-11-15(30)12-31-17-8-6-5-7-16(17)21(22,23)24/h5-10,14-15,25,30H,11-13H2,1-4H3. The number of aromatic nitrogens is 2. The molecular formula is C21H28F3N5O3. The van der Waals surface area contributed by atoms with Crippen LogP contribution in [0.1, 0.15) is 33.3 Å². The van der Waals surface area contributed by atoms with Gasteiger partial charge in [-0.05, 0) is 45.9 Å². The Bertz CT molecular complexity index is 874. The zero-order valence-electron chi connectivity index (χ0n) is 18.4. The molecule has 0 fully saturated rings. The molecule has 1 aromatic carbocycles. The SMILES string of the molecule is CC(C)N=Nc1ccc(OCC(C)(C)NCC(O)COc2ccccc2C(F)(F)F)nn1. The molecule has 2 aromatic rings. The second-order valence-electron chi connectivity index (χ2n) is 8.05. The highest BCUT2D eigenvalue weighted by molar-refractivity contribution is 5.35. The molecule has 8 nitrogen and oxygen atoms in total. The Balaban J connectivity index is 1.79. The van der Waals surface area contributed by atoms with Crippen molar-refractivity contribution < 1.29 is 27.8 Å². The van der Waals surface area contributed by atoms with Gasteiger partial charge in [0.05, 0.1) is 11.6 Å². The van der Waals surface area contributed by atoms with Gasteiger partial charge >= 0.3 is 6.18 Å². The summed E-state index contributed by atoms with van der Waals surface area (Å²) in [7, 11) is 0. The number of hydrogen-bond donors (Lipinski definition) is 2. The lowest BCUT2D eigenvalue weighted by Gasteiger charge is -2.27. The second-order valence-corrected chi connectivity index (χ2v) is 8.05. The molecule has 1 aromatic heterocycles. The molecule has 2 rings (SSSR count). The molecule has 1 atom stereocenters. The average Bonchev–Trinajstić information content (AvgIpc) is 2.74. The number of nitrogens with one attached hydrogen (secondary N) is 1. The molecule has 0 aliphatic carbocycles. The molecule has 1 heterocycles. The van der Waals surface area contributed by atoms with Crippen LogP contribution in [0.15, 0.2) is 46.6 Å². The van der Waals surface area contributed by atoms with Gasteiger partial charge in [-0.15, -0.1) is 15.3 Å². The van der Waals surface area contributed by atoms with Crippen LogP contribution in [-0.2, 0) is 6.18 Å². The zero-order chi connectivity index (χ0) is 23.8. The lowest BCUT2D eigenvalue weighted by Crippen LogP contribution is -2.48. The fraction of sp³-hybridized carbons (Fsp3) is 0.524. The van der Waals surface area contributed by atoms with Gasteiger partial charge in [-0.3, -0.25) is 0 Å². The first-order valence-corrected chi connectivity index (χ1v) is 10.1. The van der Waals surface area contributed by atoms with Crippen molar-refractivity contribution in [2.24, 2.45) is 10.2 Å². The number of ether oxygens (including phenoxy) is 2. The molecule has 0 radical (unpaired) electrons. The molecule has 0 bridgehead atoms.